The molecule has 0 aliphatic carbocycles. The Labute approximate surface area is 168 Å². The van der Waals surface area contributed by atoms with Gasteiger partial charge in [0, 0.05) is 31.1 Å². The maximum absolute atomic E-state index is 13.1. The third-order valence-electron chi connectivity index (χ3n) is 5.03. The van der Waals surface area contributed by atoms with Gasteiger partial charge in [-0.3, -0.25) is 0 Å². The summed E-state index contributed by atoms with van der Waals surface area (Å²) in [5.41, 5.74) is 0.404. The monoisotopic (exact) mass is 421 g/mol. The largest absolute Gasteiger partial charge is 0.360 e. The van der Waals surface area contributed by atoms with Crippen molar-refractivity contribution in [1.29, 1.82) is 0 Å². The summed E-state index contributed by atoms with van der Waals surface area (Å²) in [7, 11) is -3.63. The van der Waals surface area contributed by atoms with Crippen molar-refractivity contribution in [3.8, 4) is 0 Å². The molecule has 1 saturated heterocycles. The molecular formula is C18H23N5O3S2. The summed E-state index contributed by atoms with van der Waals surface area (Å²) in [5, 5.41) is 4.85. The van der Waals surface area contributed by atoms with Gasteiger partial charge in [0.05, 0.1) is 5.39 Å². The molecule has 1 fully saturated rings. The molecule has 0 spiro atoms. The number of fused-ring (bicyclic) bond motifs is 1. The second kappa shape index (κ2) is 7.41. The molecule has 28 heavy (non-hydrogen) atoms. The van der Waals surface area contributed by atoms with Crippen molar-refractivity contribution >= 4 is 37.4 Å². The smallest absolute Gasteiger partial charge is 0.248 e. The van der Waals surface area contributed by atoms with E-state index >= 15 is 0 Å². The van der Waals surface area contributed by atoms with Crippen molar-refractivity contribution in [3.05, 3.63) is 28.7 Å². The van der Waals surface area contributed by atoms with E-state index in [2.05, 4.69) is 33.0 Å². The molecule has 3 aromatic rings. The van der Waals surface area contributed by atoms with Crippen LogP contribution >= 0.6 is 11.3 Å². The Balaban J connectivity index is 1.60. The minimum atomic E-state index is -3.63. The molecular weight excluding hydrogens is 398 g/mol. The number of nitrogens with zero attached hydrogens (tertiary/aromatic N) is 5. The van der Waals surface area contributed by atoms with Gasteiger partial charge in [-0.1, -0.05) is 12.1 Å². The van der Waals surface area contributed by atoms with Crippen molar-refractivity contribution in [1.82, 2.24) is 19.4 Å². The van der Waals surface area contributed by atoms with E-state index in [0.29, 0.717) is 31.1 Å². The lowest BCUT2D eigenvalue weighted by Gasteiger charge is -2.23. The van der Waals surface area contributed by atoms with Crippen LogP contribution in [0.25, 0.3) is 10.2 Å². The lowest BCUT2D eigenvalue weighted by Crippen LogP contribution is -2.35. The molecule has 1 aliphatic rings. The van der Waals surface area contributed by atoms with Gasteiger partial charge in [0.25, 0.3) is 0 Å². The van der Waals surface area contributed by atoms with Crippen LogP contribution in [0, 0.1) is 13.8 Å². The summed E-state index contributed by atoms with van der Waals surface area (Å²) in [6, 6.07) is 2.15. The summed E-state index contributed by atoms with van der Waals surface area (Å²) in [4.78, 5) is 13.5. The van der Waals surface area contributed by atoms with Crippen LogP contribution < -0.4 is 4.90 Å². The quantitative estimate of drug-likeness (QED) is 0.639. The second-order valence-electron chi connectivity index (χ2n) is 6.88. The molecule has 4 heterocycles. The van der Waals surface area contributed by atoms with Gasteiger partial charge in [-0.25, -0.2) is 18.4 Å². The number of aryl methyl sites for hydroxylation is 3. The number of sulfonamides is 1. The highest BCUT2D eigenvalue weighted by atomic mass is 32.2. The molecule has 8 nitrogen and oxygen atoms in total. The van der Waals surface area contributed by atoms with Gasteiger partial charge in [0.2, 0.25) is 10.0 Å². The van der Waals surface area contributed by atoms with E-state index < -0.39 is 10.0 Å². The zero-order chi connectivity index (χ0) is 19.9. The van der Waals surface area contributed by atoms with Crippen LogP contribution in [0.3, 0.4) is 0 Å². The fourth-order valence-corrected chi connectivity index (χ4v) is 6.33. The van der Waals surface area contributed by atoms with Crippen molar-refractivity contribution in [2.45, 2.75) is 38.5 Å². The first kappa shape index (κ1) is 19.3. The van der Waals surface area contributed by atoms with E-state index in [4.69, 9.17) is 4.52 Å². The molecule has 0 saturated carbocycles. The van der Waals surface area contributed by atoms with Crippen LogP contribution in [0.15, 0.2) is 21.8 Å². The minimum absolute atomic E-state index is 0.191. The van der Waals surface area contributed by atoms with E-state index in [-0.39, 0.29) is 4.90 Å². The Kier molecular flexibility index (Phi) is 5.11. The van der Waals surface area contributed by atoms with Crippen LogP contribution in [-0.4, -0.2) is 54.0 Å². The van der Waals surface area contributed by atoms with E-state index in [0.717, 1.165) is 35.4 Å². The number of anilines is 1. The lowest BCUT2D eigenvalue weighted by atomic mass is 10.3. The summed E-state index contributed by atoms with van der Waals surface area (Å²) < 4.78 is 32.9. The first-order valence-electron chi connectivity index (χ1n) is 9.33. The first-order valence-corrected chi connectivity index (χ1v) is 11.6. The van der Waals surface area contributed by atoms with E-state index in [1.807, 2.05) is 0 Å². The maximum atomic E-state index is 13.1. The summed E-state index contributed by atoms with van der Waals surface area (Å²) in [6.45, 7) is 7.59. The van der Waals surface area contributed by atoms with Gasteiger partial charge >= 0.3 is 0 Å². The van der Waals surface area contributed by atoms with Crippen LogP contribution in [0.5, 0.6) is 0 Å². The molecule has 1 aliphatic heterocycles. The molecule has 0 amide bonds. The summed E-state index contributed by atoms with van der Waals surface area (Å²) in [6.07, 6.45) is 3.28. The highest BCUT2D eigenvalue weighted by molar-refractivity contribution is 7.89. The highest BCUT2D eigenvalue weighted by Crippen LogP contribution is 2.31. The Hall–Kier alpha value is -2.04. The fraction of sp³-hybridized carbons (Fsp3) is 0.500. The highest BCUT2D eigenvalue weighted by Gasteiger charge is 2.32. The van der Waals surface area contributed by atoms with Gasteiger partial charge in [-0.2, -0.15) is 4.31 Å². The second-order valence-corrected chi connectivity index (χ2v) is 9.87. The Bertz CT molecular complexity index is 1090. The normalized spacial score (nSPS) is 16.6. The third kappa shape index (κ3) is 3.29. The summed E-state index contributed by atoms with van der Waals surface area (Å²) >= 11 is 1.69. The molecule has 0 radical (unpaired) electrons. The molecule has 0 unspecified atom stereocenters. The standard InChI is InChI=1S/C18H23N5O3S2/c1-4-14-10-15-17(19-11-20-18(15)27-14)22-6-5-7-23(9-8-22)28(24,25)16-12(2)21-26-13(16)3/h10-11H,4-9H2,1-3H3. The van der Waals surface area contributed by atoms with Gasteiger partial charge < -0.3 is 9.42 Å². The van der Waals surface area contributed by atoms with Crippen LogP contribution in [0.4, 0.5) is 5.82 Å². The summed E-state index contributed by atoms with van der Waals surface area (Å²) in [5.74, 6) is 1.22. The average Bonchev–Trinajstić information content (AvgIpc) is 3.14. The van der Waals surface area contributed by atoms with Crippen LogP contribution in [-0.2, 0) is 16.4 Å². The third-order valence-corrected chi connectivity index (χ3v) is 8.36. The van der Waals surface area contributed by atoms with Crippen molar-refractivity contribution in [3.63, 3.8) is 0 Å². The van der Waals surface area contributed by atoms with Gasteiger partial charge in [0.1, 0.15) is 27.6 Å². The van der Waals surface area contributed by atoms with Crippen molar-refractivity contribution in [2.24, 2.45) is 0 Å². The number of aromatic nitrogens is 3. The van der Waals surface area contributed by atoms with Crippen molar-refractivity contribution in [2.75, 3.05) is 31.1 Å². The molecule has 0 N–H and O–H groups in total. The molecule has 0 atom stereocenters. The maximum Gasteiger partial charge on any atom is 0.248 e. The first-order chi connectivity index (χ1) is 13.4. The van der Waals surface area contributed by atoms with Gasteiger partial charge in [-0.05, 0) is 32.8 Å². The Morgan fingerprint density at radius 3 is 2.71 bits per heavy atom. The van der Waals surface area contributed by atoms with Gasteiger partial charge in [-0.15, -0.1) is 11.3 Å². The Morgan fingerprint density at radius 2 is 2.00 bits per heavy atom. The van der Waals surface area contributed by atoms with Gasteiger partial charge in [0.15, 0.2) is 5.76 Å². The molecule has 3 aromatic heterocycles. The molecule has 4 rings (SSSR count). The number of hydrogen-bond acceptors (Lipinski definition) is 8. The fourth-order valence-electron chi connectivity index (χ4n) is 3.64. The lowest BCUT2D eigenvalue weighted by molar-refractivity contribution is 0.389. The molecule has 0 aromatic carbocycles. The van der Waals surface area contributed by atoms with E-state index in [1.165, 1.54) is 9.18 Å². The number of rotatable bonds is 4. The Morgan fingerprint density at radius 1 is 1.18 bits per heavy atom. The molecule has 0 bridgehead atoms. The molecule has 150 valence electrons. The predicted octanol–water partition coefficient (Wildman–Crippen LogP) is 2.76. The number of hydrogen-bond donors (Lipinski definition) is 0. The van der Waals surface area contributed by atoms with E-state index in [9.17, 15) is 8.42 Å². The SMILES string of the molecule is CCc1cc2c(N3CCCN(S(=O)(=O)c4c(C)noc4C)CC3)ncnc2s1. The average molecular weight is 422 g/mol. The number of thiophene rings is 1. The zero-order valence-electron chi connectivity index (χ0n) is 16.2. The molecule has 10 heteroatoms. The van der Waals surface area contributed by atoms with Crippen LogP contribution in [0.1, 0.15) is 29.7 Å². The topological polar surface area (TPSA) is 92.4 Å². The minimum Gasteiger partial charge on any atom is -0.360 e. The van der Waals surface area contributed by atoms with Crippen molar-refractivity contribution < 1.29 is 12.9 Å². The predicted molar refractivity (Wildman–Crippen MR) is 108 cm³/mol. The van der Waals surface area contributed by atoms with E-state index in [1.54, 1.807) is 31.5 Å². The van der Waals surface area contributed by atoms with Crippen LogP contribution in [0.2, 0.25) is 0 Å². The zero-order valence-corrected chi connectivity index (χ0v) is 17.8.